The van der Waals surface area contributed by atoms with Crippen molar-refractivity contribution < 1.29 is 23.5 Å². The van der Waals surface area contributed by atoms with Gasteiger partial charge in [-0.3, -0.25) is 19.1 Å². The van der Waals surface area contributed by atoms with Crippen molar-refractivity contribution in [3.8, 4) is 0 Å². The van der Waals surface area contributed by atoms with Crippen LogP contribution in [0.5, 0.6) is 0 Å². The number of nitrogens with zero attached hydrogens (tertiary/aromatic N) is 2. The van der Waals surface area contributed by atoms with Crippen LogP contribution in [-0.2, 0) is 17.8 Å². The molecule has 0 saturated heterocycles. The summed E-state index contributed by atoms with van der Waals surface area (Å²) in [5, 5.41) is 0. The Balaban J connectivity index is 1.15. The minimum Gasteiger partial charge on any atom is -0.462 e. The zero-order chi connectivity index (χ0) is 23.7. The molecule has 170 valence electrons. The fourth-order valence-electron chi connectivity index (χ4n) is 4.01. The number of ether oxygens (including phenoxy) is 1. The van der Waals surface area contributed by atoms with Gasteiger partial charge in [0, 0.05) is 6.54 Å². The van der Waals surface area contributed by atoms with Crippen LogP contribution >= 0.6 is 0 Å². The van der Waals surface area contributed by atoms with Gasteiger partial charge in [-0.15, -0.1) is 0 Å². The summed E-state index contributed by atoms with van der Waals surface area (Å²) in [5.74, 6) is -1.58. The lowest BCUT2D eigenvalue weighted by molar-refractivity contribution is 0.0494. The number of rotatable bonds is 7. The molecule has 0 aliphatic carbocycles. The Morgan fingerprint density at radius 1 is 0.824 bits per heavy atom. The number of para-hydroxylation sites is 2. The lowest BCUT2D eigenvalue weighted by atomic mass is 10.1. The number of aromatic nitrogens is 1. The molecule has 4 aromatic rings. The molecule has 1 aliphatic rings. The van der Waals surface area contributed by atoms with Gasteiger partial charge in [0.2, 0.25) is 0 Å². The van der Waals surface area contributed by atoms with Crippen molar-refractivity contribution in [1.29, 1.82) is 0 Å². The van der Waals surface area contributed by atoms with Crippen molar-refractivity contribution in [3.05, 3.63) is 106 Å². The van der Waals surface area contributed by atoms with Crippen LogP contribution in [0.15, 0.2) is 82.0 Å². The molecular formula is C26H20N2O6. The minimum atomic E-state index is -0.489. The molecule has 0 unspecified atom stereocenters. The molecule has 8 nitrogen and oxygen atoms in total. The van der Waals surface area contributed by atoms with Gasteiger partial charge in [-0.25, -0.2) is 9.59 Å². The van der Waals surface area contributed by atoms with E-state index in [2.05, 4.69) is 0 Å². The number of aryl methyl sites for hydroxylation is 1. The highest BCUT2D eigenvalue weighted by Gasteiger charge is 2.34. The summed E-state index contributed by atoms with van der Waals surface area (Å²) in [6.07, 6.45) is 0.451. The molecule has 0 fully saturated rings. The fourth-order valence-corrected chi connectivity index (χ4v) is 4.01. The van der Waals surface area contributed by atoms with Crippen LogP contribution in [0, 0.1) is 0 Å². The molecule has 3 aromatic carbocycles. The molecule has 0 spiro atoms. The first kappa shape index (κ1) is 21.4. The van der Waals surface area contributed by atoms with E-state index in [1.54, 1.807) is 66.7 Å². The van der Waals surface area contributed by atoms with Crippen LogP contribution in [0.3, 0.4) is 0 Å². The summed E-state index contributed by atoms with van der Waals surface area (Å²) in [4.78, 5) is 50.6. The van der Waals surface area contributed by atoms with Gasteiger partial charge in [0.1, 0.15) is 0 Å². The summed E-state index contributed by atoms with van der Waals surface area (Å²) in [6.45, 7) is 0.624. The smallest absolute Gasteiger partial charge is 0.419 e. The molecule has 1 aromatic heterocycles. The van der Waals surface area contributed by atoms with Crippen molar-refractivity contribution in [2.24, 2.45) is 0 Å². The van der Waals surface area contributed by atoms with E-state index in [1.165, 1.54) is 9.47 Å². The van der Waals surface area contributed by atoms with E-state index in [0.717, 1.165) is 5.56 Å². The number of oxazole rings is 1. The minimum absolute atomic E-state index is 0.120. The monoisotopic (exact) mass is 456 g/mol. The third kappa shape index (κ3) is 3.90. The maximum absolute atomic E-state index is 12.5. The van der Waals surface area contributed by atoms with Crippen molar-refractivity contribution in [3.63, 3.8) is 0 Å². The molecular weight excluding hydrogens is 436 g/mol. The van der Waals surface area contributed by atoms with Gasteiger partial charge in [-0.05, 0) is 48.4 Å². The molecule has 8 heteroatoms. The Kier molecular flexibility index (Phi) is 5.55. The number of carbonyl (C=O) groups is 3. The van der Waals surface area contributed by atoms with E-state index in [-0.39, 0.29) is 25.0 Å². The summed E-state index contributed by atoms with van der Waals surface area (Å²) in [5.41, 5.74) is 3.10. The van der Waals surface area contributed by atoms with Crippen LogP contribution in [0.2, 0.25) is 0 Å². The SMILES string of the molecule is O=C(OCCCn1c(=O)oc2ccccc21)c1ccc(CN2C(=O)c3ccccc3C2=O)cc1. The predicted octanol–water partition coefficient (Wildman–Crippen LogP) is 3.64. The zero-order valence-electron chi connectivity index (χ0n) is 18.1. The number of esters is 1. The summed E-state index contributed by atoms with van der Waals surface area (Å²) in [6, 6.07) is 20.5. The van der Waals surface area contributed by atoms with Crippen molar-refractivity contribution in [2.75, 3.05) is 6.61 Å². The average molecular weight is 456 g/mol. The number of carbonyl (C=O) groups excluding carboxylic acids is 3. The second-order valence-electron chi connectivity index (χ2n) is 7.92. The van der Waals surface area contributed by atoms with E-state index in [1.807, 2.05) is 6.07 Å². The van der Waals surface area contributed by atoms with E-state index in [9.17, 15) is 19.2 Å². The van der Waals surface area contributed by atoms with Crippen LogP contribution < -0.4 is 5.76 Å². The van der Waals surface area contributed by atoms with Gasteiger partial charge in [0.05, 0.1) is 35.4 Å². The van der Waals surface area contributed by atoms with Gasteiger partial charge in [0.25, 0.3) is 11.8 Å². The van der Waals surface area contributed by atoms with Gasteiger partial charge < -0.3 is 9.15 Å². The second kappa shape index (κ2) is 8.82. The van der Waals surface area contributed by atoms with E-state index in [0.29, 0.717) is 40.8 Å². The normalized spacial score (nSPS) is 12.9. The molecule has 0 N–H and O–H groups in total. The third-order valence-electron chi connectivity index (χ3n) is 5.74. The van der Waals surface area contributed by atoms with E-state index < -0.39 is 11.7 Å². The van der Waals surface area contributed by atoms with Gasteiger partial charge >= 0.3 is 11.7 Å². The average Bonchev–Trinajstić information content (AvgIpc) is 3.30. The number of fused-ring (bicyclic) bond motifs is 2. The first-order valence-electron chi connectivity index (χ1n) is 10.8. The molecule has 0 bridgehead atoms. The predicted molar refractivity (Wildman–Crippen MR) is 122 cm³/mol. The number of hydrogen-bond donors (Lipinski definition) is 0. The Morgan fingerprint density at radius 3 is 2.18 bits per heavy atom. The van der Waals surface area contributed by atoms with Crippen molar-refractivity contribution >= 4 is 28.9 Å². The topological polar surface area (TPSA) is 98.8 Å². The number of benzene rings is 3. The molecule has 0 atom stereocenters. The molecule has 2 heterocycles. The van der Waals surface area contributed by atoms with Crippen LogP contribution in [0.25, 0.3) is 11.1 Å². The van der Waals surface area contributed by atoms with Crippen LogP contribution in [0.4, 0.5) is 0 Å². The molecule has 2 amide bonds. The number of hydrogen-bond acceptors (Lipinski definition) is 6. The van der Waals surface area contributed by atoms with Crippen molar-refractivity contribution in [1.82, 2.24) is 9.47 Å². The zero-order valence-corrected chi connectivity index (χ0v) is 18.1. The summed E-state index contributed by atoms with van der Waals surface area (Å²) < 4.78 is 12.0. The standard InChI is InChI=1S/C26H20N2O6/c29-23-19-6-1-2-7-20(19)24(30)28(23)16-17-10-12-18(13-11-17)25(31)33-15-5-14-27-21-8-3-4-9-22(21)34-26(27)32/h1-4,6-13H,5,14-16H2. The maximum atomic E-state index is 12.5. The number of amides is 2. The Bertz CT molecular complexity index is 1430. The van der Waals surface area contributed by atoms with Gasteiger partial charge in [-0.2, -0.15) is 0 Å². The summed E-state index contributed by atoms with van der Waals surface area (Å²) >= 11 is 0. The Labute approximate surface area is 194 Å². The van der Waals surface area contributed by atoms with Crippen LogP contribution in [0.1, 0.15) is 43.1 Å². The second-order valence-corrected chi connectivity index (χ2v) is 7.92. The third-order valence-corrected chi connectivity index (χ3v) is 5.74. The highest BCUT2D eigenvalue weighted by atomic mass is 16.5. The maximum Gasteiger partial charge on any atom is 0.419 e. The van der Waals surface area contributed by atoms with Crippen molar-refractivity contribution in [2.45, 2.75) is 19.5 Å². The quantitative estimate of drug-likeness (QED) is 0.239. The largest absolute Gasteiger partial charge is 0.462 e. The lowest BCUT2D eigenvalue weighted by Gasteiger charge is -2.14. The molecule has 1 aliphatic heterocycles. The highest BCUT2D eigenvalue weighted by Crippen LogP contribution is 2.24. The highest BCUT2D eigenvalue weighted by molar-refractivity contribution is 6.21. The molecule has 0 saturated carbocycles. The van der Waals surface area contributed by atoms with E-state index in [4.69, 9.17) is 9.15 Å². The van der Waals surface area contributed by atoms with E-state index >= 15 is 0 Å². The first-order chi connectivity index (χ1) is 16.5. The molecule has 34 heavy (non-hydrogen) atoms. The first-order valence-corrected chi connectivity index (χ1v) is 10.8. The Morgan fingerprint density at radius 2 is 1.47 bits per heavy atom. The van der Waals surface area contributed by atoms with Crippen LogP contribution in [-0.4, -0.2) is 33.9 Å². The fraction of sp³-hybridized carbons (Fsp3) is 0.154. The molecule has 0 radical (unpaired) electrons. The van der Waals surface area contributed by atoms with Gasteiger partial charge in [-0.1, -0.05) is 36.4 Å². The Hall–Kier alpha value is -4.46. The lowest BCUT2D eigenvalue weighted by Crippen LogP contribution is -2.29. The summed E-state index contributed by atoms with van der Waals surface area (Å²) in [7, 11) is 0. The molecule has 5 rings (SSSR count). The van der Waals surface area contributed by atoms with Gasteiger partial charge in [0.15, 0.2) is 5.58 Å². The number of imide groups is 1.